The van der Waals surface area contributed by atoms with Gasteiger partial charge in [-0.25, -0.2) is 0 Å². The normalized spacial score (nSPS) is 18.5. The van der Waals surface area contributed by atoms with E-state index in [9.17, 15) is 9.59 Å². The predicted molar refractivity (Wildman–Crippen MR) is 92.3 cm³/mol. The first kappa shape index (κ1) is 18.0. The van der Waals surface area contributed by atoms with Crippen LogP contribution in [0.25, 0.3) is 0 Å². The molecule has 2 rings (SSSR count). The van der Waals surface area contributed by atoms with E-state index < -0.39 is 0 Å². The van der Waals surface area contributed by atoms with Crippen molar-refractivity contribution in [1.82, 2.24) is 20.0 Å². The molecule has 1 fully saturated rings. The van der Waals surface area contributed by atoms with Gasteiger partial charge in [-0.2, -0.15) is 0 Å². The molecule has 0 radical (unpaired) electrons. The largest absolute Gasteiger partial charge is 0.374 e. The molecule has 0 aromatic carbocycles. The molecule has 128 valence electrons. The number of nitrogens with zero attached hydrogens (tertiary/aromatic N) is 4. The molecule has 0 bridgehead atoms. The number of amides is 2. The van der Waals surface area contributed by atoms with Gasteiger partial charge in [0.25, 0.3) is 0 Å². The average molecular weight is 358 g/mol. The molecule has 0 spiro atoms. The Labute approximate surface area is 144 Å². The van der Waals surface area contributed by atoms with Crippen LogP contribution in [-0.4, -0.2) is 63.2 Å². The van der Waals surface area contributed by atoms with Crippen LogP contribution in [0.1, 0.15) is 27.2 Å². The molecule has 1 aromatic heterocycles. The summed E-state index contributed by atoms with van der Waals surface area (Å²) in [6, 6.07) is 0. The summed E-state index contributed by atoms with van der Waals surface area (Å²) >= 11 is 2.61. The van der Waals surface area contributed by atoms with E-state index in [1.54, 1.807) is 11.9 Å². The van der Waals surface area contributed by atoms with Crippen molar-refractivity contribution < 1.29 is 9.59 Å². The minimum atomic E-state index is -0.165. The number of nitrogens with two attached hydrogens (primary N) is 1. The smallest absolute Gasteiger partial charge is 0.232 e. The summed E-state index contributed by atoms with van der Waals surface area (Å²) in [6.45, 7) is 7.40. The van der Waals surface area contributed by atoms with Gasteiger partial charge in [0.05, 0.1) is 5.75 Å². The van der Waals surface area contributed by atoms with Crippen molar-refractivity contribution in [2.75, 3.05) is 31.6 Å². The molecule has 2 N–H and O–H groups in total. The summed E-state index contributed by atoms with van der Waals surface area (Å²) in [4.78, 5) is 27.9. The Morgan fingerprint density at radius 3 is 2.70 bits per heavy atom. The van der Waals surface area contributed by atoms with Crippen LogP contribution in [0.2, 0.25) is 0 Å². The van der Waals surface area contributed by atoms with E-state index in [2.05, 4.69) is 10.2 Å². The summed E-state index contributed by atoms with van der Waals surface area (Å²) in [5.74, 6) is 0.680. The lowest BCUT2D eigenvalue weighted by molar-refractivity contribution is -0.131. The van der Waals surface area contributed by atoms with Gasteiger partial charge < -0.3 is 15.5 Å². The van der Waals surface area contributed by atoms with E-state index in [-0.39, 0.29) is 23.3 Å². The van der Waals surface area contributed by atoms with Crippen LogP contribution in [0.3, 0.4) is 0 Å². The number of aromatic nitrogens is 2. The minimum Gasteiger partial charge on any atom is -0.374 e. The third kappa shape index (κ3) is 4.81. The number of hydrogen-bond acceptors (Lipinski definition) is 7. The minimum absolute atomic E-state index is 0.0189. The van der Waals surface area contributed by atoms with Crippen molar-refractivity contribution in [3.63, 3.8) is 0 Å². The van der Waals surface area contributed by atoms with E-state index in [4.69, 9.17) is 5.73 Å². The van der Waals surface area contributed by atoms with Gasteiger partial charge in [-0.05, 0) is 20.8 Å². The summed E-state index contributed by atoms with van der Waals surface area (Å²) in [5.41, 5.74) is 5.35. The van der Waals surface area contributed by atoms with Crippen molar-refractivity contribution >= 4 is 40.0 Å². The zero-order valence-electron chi connectivity index (χ0n) is 13.9. The van der Waals surface area contributed by atoms with Gasteiger partial charge >= 0.3 is 0 Å². The van der Waals surface area contributed by atoms with Crippen LogP contribution in [0.4, 0.5) is 5.13 Å². The second-order valence-corrected chi connectivity index (χ2v) is 8.95. The molecule has 1 aliphatic heterocycles. The summed E-state index contributed by atoms with van der Waals surface area (Å²) in [6.07, 6.45) is 0.509. The van der Waals surface area contributed by atoms with E-state index in [1.807, 2.05) is 25.7 Å². The zero-order valence-corrected chi connectivity index (χ0v) is 15.5. The second kappa shape index (κ2) is 7.04. The number of hydrogen-bond donors (Lipinski definition) is 1. The topological polar surface area (TPSA) is 92.4 Å². The average Bonchev–Trinajstić information content (AvgIpc) is 3.01. The molecule has 9 heteroatoms. The van der Waals surface area contributed by atoms with Gasteiger partial charge in [0, 0.05) is 38.0 Å². The highest BCUT2D eigenvalue weighted by molar-refractivity contribution is 8.01. The fourth-order valence-electron chi connectivity index (χ4n) is 2.55. The Morgan fingerprint density at radius 2 is 2.17 bits per heavy atom. The lowest BCUT2D eigenvalue weighted by Crippen LogP contribution is -2.43. The van der Waals surface area contributed by atoms with Crippen molar-refractivity contribution in [3.05, 3.63) is 0 Å². The number of anilines is 1. The van der Waals surface area contributed by atoms with Gasteiger partial charge in [0.2, 0.25) is 16.9 Å². The Morgan fingerprint density at radius 1 is 1.48 bits per heavy atom. The summed E-state index contributed by atoms with van der Waals surface area (Å²) in [5, 5.41) is 8.00. The van der Waals surface area contributed by atoms with Crippen molar-refractivity contribution in [3.8, 4) is 0 Å². The Hall–Kier alpha value is -1.35. The quantitative estimate of drug-likeness (QED) is 0.799. The second-order valence-electron chi connectivity index (χ2n) is 6.71. The molecule has 1 aliphatic rings. The Balaban J connectivity index is 1.81. The molecule has 2 amide bonds. The van der Waals surface area contributed by atoms with Gasteiger partial charge in [-0.15, -0.1) is 10.2 Å². The zero-order chi connectivity index (χ0) is 17.2. The number of carbonyl (C=O) groups excluding carboxylic acids is 2. The molecule has 1 atom stereocenters. The third-order valence-corrected chi connectivity index (χ3v) is 5.58. The molecule has 1 saturated heterocycles. The molecule has 1 aromatic rings. The highest BCUT2D eigenvalue weighted by atomic mass is 32.2. The van der Waals surface area contributed by atoms with Crippen molar-refractivity contribution in [2.24, 2.45) is 5.92 Å². The molecule has 0 saturated carbocycles. The monoisotopic (exact) mass is 357 g/mol. The first-order valence-corrected chi connectivity index (χ1v) is 9.23. The predicted octanol–water partition coefficient (Wildman–Crippen LogP) is 1.32. The van der Waals surface area contributed by atoms with E-state index >= 15 is 0 Å². The number of thioether (sulfide) groups is 1. The fraction of sp³-hybridized carbons (Fsp3) is 0.714. The Kier molecular flexibility index (Phi) is 5.51. The number of nitrogen functional groups attached to an aromatic ring is 1. The summed E-state index contributed by atoms with van der Waals surface area (Å²) < 4.78 is 0.694. The molecule has 7 nitrogen and oxygen atoms in total. The Bertz CT molecular complexity index is 584. The lowest BCUT2D eigenvalue weighted by Gasteiger charge is -2.32. The van der Waals surface area contributed by atoms with Crippen LogP contribution < -0.4 is 5.73 Å². The third-order valence-electron chi connectivity index (χ3n) is 3.71. The number of carbonyl (C=O) groups is 2. The summed E-state index contributed by atoms with van der Waals surface area (Å²) in [7, 11) is 1.78. The molecular weight excluding hydrogens is 334 g/mol. The molecular formula is C14H23N5O2S2. The fourth-order valence-corrected chi connectivity index (χ4v) is 4.13. The van der Waals surface area contributed by atoms with Crippen LogP contribution in [-0.2, 0) is 9.59 Å². The number of rotatable bonds is 5. The SMILES string of the molecule is CN(CC1CC(=O)N(C(C)(C)C)C1)C(=O)CSc1nnc(N)s1. The first-order valence-electron chi connectivity index (χ1n) is 7.43. The van der Waals surface area contributed by atoms with Crippen LogP contribution >= 0.6 is 23.1 Å². The van der Waals surface area contributed by atoms with Gasteiger partial charge in [-0.1, -0.05) is 23.1 Å². The number of likely N-dealkylation sites (tertiary alicyclic amines) is 1. The maximum Gasteiger partial charge on any atom is 0.232 e. The van der Waals surface area contributed by atoms with Crippen LogP contribution in [0.5, 0.6) is 0 Å². The maximum absolute atomic E-state index is 12.2. The van der Waals surface area contributed by atoms with E-state index in [0.717, 1.165) is 0 Å². The van der Waals surface area contributed by atoms with Gasteiger partial charge in [-0.3, -0.25) is 9.59 Å². The lowest BCUT2D eigenvalue weighted by atomic mass is 10.1. The molecule has 1 unspecified atom stereocenters. The van der Waals surface area contributed by atoms with Gasteiger partial charge in [0.1, 0.15) is 0 Å². The van der Waals surface area contributed by atoms with Crippen molar-refractivity contribution in [2.45, 2.75) is 37.1 Å². The maximum atomic E-state index is 12.2. The molecule has 0 aliphatic carbocycles. The van der Waals surface area contributed by atoms with Gasteiger partial charge in [0.15, 0.2) is 4.34 Å². The highest BCUT2D eigenvalue weighted by Gasteiger charge is 2.36. The van der Waals surface area contributed by atoms with E-state index in [0.29, 0.717) is 34.7 Å². The standard InChI is InChI=1S/C14H23N5O2S2/c1-14(2,3)19-7-9(5-10(19)20)6-18(4)11(21)8-22-13-17-16-12(15)23-13/h9H,5-8H2,1-4H3,(H2,15,16). The highest BCUT2D eigenvalue weighted by Crippen LogP contribution is 2.27. The van der Waals surface area contributed by atoms with Crippen LogP contribution in [0.15, 0.2) is 4.34 Å². The first-order chi connectivity index (χ1) is 10.7. The molecule has 23 heavy (non-hydrogen) atoms. The molecule has 2 heterocycles. The van der Waals surface area contributed by atoms with Crippen molar-refractivity contribution in [1.29, 1.82) is 0 Å². The van der Waals surface area contributed by atoms with E-state index in [1.165, 1.54) is 23.1 Å². The van der Waals surface area contributed by atoms with Crippen LogP contribution in [0, 0.1) is 5.92 Å².